The van der Waals surface area contributed by atoms with Crippen molar-refractivity contribution in [2.75, 3.05) is 25.9 Å². The molecular formula is C15H31N3O2S. The van der Waals surface area contributed by atoms with Crippen molar-refractivity contribution in [3.63, 3.8) is 0 Å². The summed E-state index contributed by atoms with van der Waals surface area (Å²) in [6.45, 7) is 3.92. The van der Waals surface area contributed by atoms with Gasteiger partial charge in [0.1, 0.15) is 0 Å². The van der Waals surface area contributed by atoms with Crippen LogP contribution in [0.3, 0.4) is 0 Å². The van der Waals surface area contributed by atoms with Crippen molar-refractivity contribution in [2.45, 2.75) is 70.0 Å². The molecule has 2 bridgehead atoms. The van der Waals surface area contributed by atoms with E-state index in [2.05, 4.69) is 28.9 Å². The second kappa shape index (κ2) is 7.90. The van der Waals surface area contributed by atoms with Gasteiger partial charge >= 0.3 is 0 Å². The molecule has 2 rings (SSSR count). The molecule has 6 heteroatoms. The maximum atomic E-state index is 12.2. The normalized spacial score (nSPS) is 30.5. The summed E-state index contributed by atoms with van der Waals surface area (Å²) in [6.07, 6.45) is 7.34. The first-order valence-corrected chi connectivity index (χ1v) is 10.1. The van der Waals surface area contributed by atoms with Crippen LogP contribution in [0.1, 0.15) is 51.9 Å². The number of nitrogens with zero attached hydrogens (tertiary/aromatic N) is 1. The van der Waals surface area contributed by atoms with Gasteiger partial charge in [-0.25, -0.2) is 13.1 Å². The molecule has 0 aromatic heterocycles. The zero-order valence-electron chi connectivity index (χ0n) is 13.5. The topological polar surface area (TPSA) is 61.4 Å². The summed E-state index contributed by atoms with van der Waals surface area (Å²) < 4.78 is 27.3. The zero-order valence-corrected chi connectivity index (χ0v) is 14.3. The summed E-state index contributed by atoms with van der Waals surface area (Å²) in [7, 11) is -0.919. The van der Waals surface area contributed by atoms with Crippen molar-refractivity contribution in [1.82, 2.24) is 14.9 Å². The van der Waals surface area contributed by atoms with Crippen LogP contribution in [0.2, 0.25) is 0 Å². The molecule has 2 fully saturated rings. The molecular weight excluding hydrogens is 286 g/mol. The third-order valence-corrected chi connectivity index (χ3v) is 6.47. The summed E-state index contributed by atoms with van der Waals surface area (Å²) in [4.78, 5) is 2.46. The van der Waals surface area contributed by atoms with E-state index in [1.54, 1.807) is 0 Å². The predicted molar refractivity (Wildman–Crippen MR) is 86.9 cm³/mol. The molecule has 0 aromatic carbocycles. The van der Waals surface area contributed by atoms with E-state index in [1.807, 2.05) is 0 Å². The van der Waals surface area contributed by atoms with Gasteiger partial charge < -0.3 is 10.2 Å². The Morgan fingerprint density at radius 1 is 1.14 bits per heavy atom. The second-order valence-electron chi connectivity index (χ2n) is 6.57. The van der Waals surface area contributed by atoms with Gasteiger partial charge in [0.05, 0.1) is 5.75 Å². The minimum Gasteiger partial charge on any atom is -0.317 e. The van der Waals surface area contributed by atoms with Gasteiger partial charge in [0, 0.05) is 18.1 Å². The fourth-order valence-corrected chi connectivity index (χ4v) is 5.15. The van der Waals surface area contributed by atoms with Crippen LogP contribution in [0.25, 0.3) is 0 Å². The van der Waals surface area contributed by atoms with Gasteiger partial charge in [-0.3, -0.25) is 0 Å². The SMILES string of the molecule is CCNCCCCS(=O)(=O)NC1CC2CCCC(C1)N2C. The molecule has 5 nitrogen and oxygen atoms in total. The molecule has 0 aromatic rings. The fourth-order valence-electron chi connectivity index (χ4n) is 3.74. The Hall–Kier alpha value is -0.170. The van der Waals surface area contributed by atoms with Crippen LogP contribution in [0.15, 0.2) is 0 Å². The summed E-state index contributed by atoms with van der Waals surface area (Å²) in [5.74, 6) is 0.264. The van der Waals surface area contributed by atoms with Crippen molar-refractivity contribution >= 4 is 10.0 Å². The number of rotatable bonds is 8. The number of unbranched alkanes of at least 4 members (excludes halogenated alkanes) is 1. The zero-order chi connectivity index (χ0) is 15.3. The van der Waals surface area contributed by atoms with E-state index in [0.717, 1.165) is 38.8 Å². The highest BCUT2D eigenvalue weighted by Gasteiger charge is 2.37. The van der Waals surface area contributed by atoms with E-state index in [9.17, 15) is 8.42 Å². The Bertz CT molecular complexity index is 399. The van der Waals surface area contributed by atoms with Crippen molar-refractivity contribution in [3.05, 3.63) is 0 Å². The maximum absolute atomic E-state index is 12.2. The molecule has 2 unspecified atom stereocenters. The molecule has 0 spiro atoms. The van der Waals surface area contributed by atoms with Crippen molar-refractivity contribution in [1.29, 1.82) is 0 Å². The van der Waals surface area contributed by atoms with Crippen LogP contribution in [-0.2, 0) is 10.0 Å². The van der Waals surface area contributed by atoms with Crippen LogP contribution >= 0.6 is 0 Å². The highest BCUT2D eigenvalue weighted by Crippen LogP contribution is 2.32. The van der Waals surface area contributed by atoms with Crippen LogP contribution in [-0.4, -0.2) is 57.3 Å². The predicted octanol–water partition coefficient (Wildman–Crippen LogP) is 1.31. The highest BCUT2D eigenvalue weighted by molar-refractivity contribution is 7.89. The fraction of sp³-hybridized carbons (Fsp3) is 1.00. The smallest absolute Gasteiger partial charge is 0.211 e. The highest BCUT2D eigenvalue weighted by atomic mass is 32.2. The van der Waals surface area contributed by atoms with Crippen LogP contribution in [0.5, 0.6) is 0 Å². The van der Waals surface area contributed by atoms with Gasteiger partial charge in [-0.15, -0.1) is 0 Å². The number of fused-ring (bicyclic) bond motifs is 2. The van der Waals surface area contributed by atoms with Crippen LogP contribution in [0.4, 0.5) is 0 Å². The number of nitrogens with one attached hydrogen (secondary N) is 2. The van der Waals surface area contributed by atoms with Gasteiger partial charge in [-0.2, -0.15) is 0 Å². The van der Waals surface area contributed by atoms with Crippen LogP contribution < -0.4 is 10.0 Å². The van der Waals surface area contributed by atoms with Gasteiger partial charge in [0.2, 0.25) is 10.0 Å². The average Bonchev–Trinajstić information content (AvgIpc) is 2.39. The van der Waals surface area contributed by atoms with Crippen molar-refractivity contribution in [3.8, 4) is 0 Å². The van der Waals surface area contributed by atoms with E-state index in [0.29, 0.717) is 12.1 Å². The standard InChI is InChI=1S/C15H31N3O2S/c1-3-16-9-4-5-10-21(19,20)17-13-11-14-7-6-8-15(12-13)18(14)2/h13-17H,3-12H2,1-2H3. The number of hydrogen-bond acceptors (Lipinski definition) is 4. The summed E-state index contributed by atoms with van der Waals surface area (Å²) in [6, 6.07) is 1.29. The molecule has 2 saturated heterocycles. The Kier molecular flexibility index (Phi) is 6.47. The number of piperidine rings is 2. The lowest BCUT2D eigenvalue weighted by molar-refractivity contribution is 0.0536. The molecule has 0 saturated carbocycles. The third kappa shape index (κ3) is 5.20. The Labute approximate surface area is 129 Å². The van der Waals surface area contributed by atoms with Gasteiger partial charge in [-0.1, -0.05) is 13.3 Å². The minimum absolute atomic E-state index is 0.148. The monoisotopic (exact) mass is 317 g/mol. The van der Waals surface area contributed by atoms with Crippen LogP contribution in [0, 0.1) is 0 Å². The quantitative estimate of drug-likeness (QED) is 0.663. The van der Waals surface area contributed by atoms with Gasteiger partial charge in [0.25, 0.3) is 0 Å². The Morgan fingerprint density at radius 3 is 2.43 bits per heavy atom. The molecule has 0 amide bonds. The van der Waals surface area contributed by atoms with E-state index < -0.39 is 10.0 Å². The lowest BCUT2D eigenvalue weighted by Crippen LogP contribution is -2.55. The molecule has 2 heterocycles. The lowest BCUT2D eigenvalue weighted by atomic mass is 9.83. The third-order valence-electron chi connectivity index (χ3n) is 4.95. The Morgan fingerprint density at radius 2 is 1.81 bits per heavy atom. The van der Waals surface area contributed by atoms with E-state index in [-0.39, 0.29) is 11.8 Å². The largest absolute Gasteiger partial charge is 0.317 e. The molecule has 2 aliphatic rings. The molecule has 124 valence electrons. The molecule has 0 aliphatic carbocycles. The van der Waals surface area contributed by atoms with Crippen molar-refractivity contribution in [2.24, 2.45) is 0 Å². The lowest BCUT2D eigenvalue weighted by Gasteiger charge is -2.47. The number of hydrogen-bond donors (Lipinski definition) is 2. The second-order valence-corrected chi connectivity index (χ2v) is 8.44. The Balaban J connectivity index is 1.75. The molecule has 21 heavy (non-hydrogen) atoms. The van der Waals surface area contributed by atoms with Gasteiger partial charge in [0.15, 0.2) is 0 Å². The molecule has 0 radical (unpaired) electrons. The van der Waals surface area contributed by atoms with Crippen molar-refractivity contribution < 1.29 is 8.42 Å². The molecule has 2 N–H and O–H groups in total. The first kappa shape index (κ1) is 17.2. The number of sulfonamides is 1. The average molecular weight is 317 g/mol. The summed E-state index contributed by atoms with van der Waals surface area (Å²) >= 11 is 0. The summed E-state index contributed by atoms with van der Waals surface area (Å²) in [5, 5.41) is 3.23. The van der Waals surface area contributed by atoms with E-state index in [4.69, 9.17) is 0 Å². The molecule has 2 atom stereocenters. The first-order chi connectivity index (χ1) is 10.0. The maximum Gasteiger partial charge on any atom is 0.211 e. The summed E-state index contributed by atoms with van der Waals surface area (Å²) in [5.41, 5.74) is 0. The molecule has 2 aliphatic heterocycles. The van der Waals surface area contributed by atoms with E-state index >= 15 is 0 Å². The van der Waals surface area contributed by atoms with Gasteiger partial charge in [-0.05, 0) is 58.7 Å². The van der Waals surface area contributed by atoms with E-state index in [1.165, 1.54) is 19.3 Å². The first-order valence-electron chi connectivity index (χ1n) is 8.44. The minimum atomic E-state index is -3.11.